The molecule has 3 heterocycles. The Kier molecular flexibility index (Phi) is 2.59. The Morgan fingerprint density at radius 1 is 0.950 bits per heavy atom. The van der Waals surface area contributed by atoms with Gasteiger partial charge in [-0.25, -0.2) is 9.97 Å². The fourth-order valence-electron chi connectivity index (χ4n) is 2.45. The smallest absolute Gasteiger partial charge is 0.163 e. The second-order valence-electron chi connectivity index (χ2n) is 4.97. The molecule has 4 rings (SSSR count). The van der Waals surface area contributed by atoms with Crippen LogP contribution in [-0.4, -0.2) is 28.0 Å². The van der Waals surface area contributed by atoms with Crippen molar-refractivity contribution in [2.24, 2.45) is 0 Å². The second-order valence-corrected chi connectivity index (χ2v) is 4.97. The van der Waals surface area contributed by atoms with Crippen LogP contribution >= 0.6 is 0 Å². The summed E-state index contributed by atoms with van der Waals surface area (Å²) < 4.78 is 0. The highest BCUT2D eigenvalue weighted by atomic mass is 15.2. The Morgan fingerprint density at radius 3 is 2.60 bits per heavy atom. The normalized spacial score (nSPS) is 14.3. The van der Waals surface area contributed by atoms with Crippen molar-refractivity contribution in [1.82, 2.24) is 15.0 Å². The number of anilines is 1. The third-order valence-electron chi connectivity index (χ3n) is 3.66. The minimum Gasteiger partial charge on any atom is -0.356 e. The monoisotopic (exact) mass is 262 g/mol. The lowest BCUT2D eigenvalue weighted by Crippen LogP contribution is -2.37. The van der Waals surface area contributed by atoms with Gasteiger partial charge >= 0.3 is 0 Å². The van der Waals surface area contributed by atoms with Gasteiger partial charge in [-0.05, 0) is 30.7 Å². The Hall–Kier alpha value is -2.49. The van der Waals surface area contributed by atoms with E-state index < -0.39 is 0 Å². The molecular formula is C16H14N4. The van der Waals surface area contributed by atoms with Crippen molar-refractivity contribution in [2.75, 3.05) is 18.0 Å². The van der Waals surface area contributed by atoms with E-state index in [1.807, 2.05) is 36.5 Å². The Labute approximate surface area is 117 Å². The van der Waals surface area contributed by atoms with Crippen LogP contribution < -0.4 is 4.90 Å². The molecule has 0 N–H and O–H groups in total. The summed E-state index contributed by atoms with van der Waals surface area (Å²) in [5.74, 6) is 1.79. The van der Waals surface area contributed by atoms with Crippen molar-refractivity contribution in [3.8, 4) is 11.4 Å². The number of para-hydroxylation sites is 1. The molecule has 0 aliphatic carbocycles. The van der Waals surface area contributed by atoms with E-state index >= 15 is 0 Å². The SMILES string of the molecule is c1cncc(-c2nc(N3CCC3)c3ccccc3n2)c1. The zero-order valence-electron chi connectivity index (χ0n) is 11.0. The van der Waals surface area contributed by atoms with E-state index in [0.717, 1.165) is 41.2 Å². The number of aromatic nitrogens is 3. The van der Waals surface area contributed by atoms with Gasteiger partial charge in [-0.1, -0.05) is 12.1 Å². The highest BCUT2D eigenvalue weighted by molar-refractivity contribution is 5.91. The maximum atomic E-state index is 4.77. The molecule has 0 bridgehead atoms. The number of pyridine rings is 1. The largest absolute Gasteiger partial charge is 0.356 e. The molecule has 0 unspecified atom stereocenters. The van der Waals surface area contributed by atoms with Crippen molar-refractivity contribution in [2.45, 2.75) is 6.42 Å². The van der Waals surface area contributed by atoms with Crippen LogP contribution in [0.25, 0.3) is 22.3 Å². The molecule has 1 aliphatic heterocycles. The first-order chi connectivity index (χ1) is 9.92. The number of rotatable bonds is 2. The zero-order chi connectivity index (χ0) is 13.4. The second kappa shape index (κ2) is 4.56. The van der Waals surface area contributed by atoms with E-state index in [4.69, 9.17) is 4.98 Å². The van der Waals surface area contributed by atoms with Gasteiger partial charge in [0.2, 0.25) is 0 Å². The molecule has 1 aliphatic rings. The first kappa shape index (κ1) is 11.3. The number of hydrogen-bond acceptors (Lipinski definition) is 4. The van der Waals surface area contributed by atoms with Gasteiger partial charge < -0.3 is 4.90 Å². The van der Waals surface area contributed by atoms with Gasteiger partial charge in [0.05, 0.1) is 5.52 Å². The van der Waals surface area contributed by atoms with Crippen LogP contribution in [0.4, 0.5) is 5.82 Å². The molecule has 3 aromatic rings. The zero-order valence-corrected chi connectivity index (χ0v) is 11.0. The molecule has 0 saturated carbocycles. The molecule has 0 spiro atoms. The average molecular weight is 262 g/mol. The molecular weight excluding hydrogens is 248 g/mol. The Morgan fingerprint density at radius 2 is 1.85 bits per heavy atom. The predicted molar refractivity (Wildman–Crippen MR) is 79.6 cm³/mol. The molecule has 98 valence electrons. The fourth-order valence-corrected chi connectivity index (χ4v) is 2.45. The number of benzene rings is 1. The molecule has 0 atom stereocenters. The summed E-state index contributed by atoms with van der Waals surface area (Å²) in [6.45, 7) is 2.15. The minimum atomic E-state index is 0.749. The minimum absolute atomic E-state index is 0.749. The quantitative estimate of drug-likeness (QED) is 0.712. The van der Waals surface area contributed by atoms with Gasteiger partial charge in [-0.3, -0.25) is 4.98 Å². The summed E-state index contributed by atoms with van der Waals surface area (Å²) in [6, 6.07) is 12.1. The maximum absolute atomic E-state index is 4.77. The van der Waals surface area contributed by atoms with Crippen molar-refractivity contribution in [1.29, 1.82) is 0 Å². The third-order valence-corrected chi connectivity index (χ3v) is 3.66. The summed E-state index contributed by atoms with van der Waals surface area (Å²) in [6.07, 6.45) is 4.81. The molecule has 1 fully saturated rings. The molecule has 4 nitrogen and oxygen atoms in total. The lowest BCUT2D eigenvalue weighted by molar-refractivity contribution is 0.612. The lowest BCUT2D eigenvalue weighted by Gasteiger charge is -2.33. The molecule has 20 heavy (non-hydrogen) atoms. The van der Waals surface area contributed by atoms with E-state index in [-0.39, 0.29) is 0 Å². The standard InChI is InChI=1S/C16H14N4/c1-2-7-14-13(6-1)16(20-9-4-10-20)19-15(18-14)12-5-3-8-17-11-12/h1-3,5-8,11H,4,9-10H2. The molecule has 1 saturated heterocycles. The summed E-state index contributed by atoms with van der Waals surface area (Å²) in [7, 11) is 0. The van der Waals surface area contributed by atoms with Gasteiger partial charge in [-0.2, -0.15) is 0 Å². The van der Waals surface area contributed by atoms with Crippen LogP contribution in [0.3, 0.4) is 0 Å². The van der Waals surface area contributed by atoms with Gasteiger partial charge in [0.25, 0.3) is 0 Å². The first-order valence-electron chi connectivity index (χ1n) is 6.84. The van der Waals surface area contributed by atoms with Crippen LogP contribution in [0.2, 0.25) is 0 Å². The van der Waals surface area contributed by atoms with Gasteiger partial charge in [-0.15, -0.1) is 0 Å². The maximum Gasteiger partial charge on any atom is 0.163 e. The van der Waals surface area contributed by atoms with Gasteiger partial charge in [0.15, 0.2) is 5.82 Å². The predicted octanol–water partition coefficient (Wildman–Crippen LogP) is 2.90. The van der Waals surface area contributed by atoms with Crippen molar-refractivity contribution >= 4 is 16.7 Å². The van der Waals surface area contributed by atoms with Crippen LogP contribution in [0.15, 0.2) is 48.8 Å². The van der Waals surface area contributed by atoms with Crippen LogP contribution in [0.5, 0.6) is 0 Å². The summed E-state index contributed by atoms with van der Waals surface area (Å²) in [5.41, 5.74) is 1.95. The van der Waals surface area contributed by atoms with Crippen LogP contribution in [0.1, 0.15) is 6.42 Å². The number of nitrogens with zero attached hydrogens (tertiary/aromatic N) is 4. The van der Waals surface area contributed by atoms with Gasteiger partial charge in [0.1, 0.15) is 5.82 Å². The van der Waals surface area contributed by atoms with Crippen molar-refractivity contribution in [3.63, 3.8) is 0 Å². The molecule has 1 aromatic carbocycles. The van der Waals surface area contributed by atoms with E-state index in [2.05, 4.69) is 20.9 Å². The highest BCUT2D eigenvalue weighted by Crippen LogP contribution is 2.29. The molecule has 0 amide bonds. The molecule has 4 heteroatoms. The van der Waals surface area contributed by atoms with Crippen molar-refractivity contribution in [3.05, 3.63) is 48.8 Å². The first-order valence-corrected chi connectivity index (χ1v) is 6.84. The topological polar surface area (TPSA) is 41.9 Å². The van der Waals surface area contributed by atoms with Crippen LogP contribution in [0, 0.1) is 0 Å². The fraction of sp³-hybridized carbons (Fsp3) is 0.188. The van der Waals surface area contributed by atoms with Crippen molar-refractivity contribution < 1.29 is 0 Å². The Balaban J connectivity index is 1.94. The molecule has 0 radical (unpaired) electrons. The highest BCUT2D eigenvalue weighted by Gasteiger charge is 2.20. The lowest BCUT2D eigenvalue weighted by atomic mass is 10.1. The summed E-state index contributed by atoms with van der Waals surface area (Å²) in [4.78, 5) is 15.9. The van der Waals surface area contributed by atoms with E-state index in [1.54, 1.807) is 6.20 Å². The summed E-state index contributed by atoms with van der Waals surface area (Å²) in [5, 5.41) is 1.12. The Bertz CT molecular complexity index is 751. The van der Waals surface area contributed by atoms with E-state index in [9.17, 15) is 0 Å². The van der Waals surface area contributed by atoms with E-state index in [1.165, 1.54) is 6.42 Å². The van der Waals surface area contributed by atoms with E-state index in [0.29, 0.717) is 0 Å². The molecule has 2 aromatic heterocycles. The van der Waals surface area contributed by atoms with Gasteiger partial charge in [0, 0.05) is 36.4 Å². The number of hydrogen-bond donors (Lipinski definition) is 0. The third kappa shape index (κ3) is 1.81. The average Bonchev–Trinajstić information content (AvgIpc) is 2.46. The summed E-state index contributed by atoms with van der Waals surface area (Å²) >= 11 is 0. The number of fused-ring (bicyclic) bond motifs is 1. The van der Waals surface area contributed by atoms with Crippen LogP contribution in [-0.2, 0) is 0 Å².